The van der Waals surface area contributed by atoms with Gasteiger partial charge in [0.2, 0.25) is 5.91 Å². The minimum Gasteiger partial charge on any atom is -0.491 e. The number of para-hydroxylation sites is 2. The fourth-order valence-electron chi connectivity index (χ4n) is 3.04. The summed E-state index contributed by atoms with van der Waals surface area (Å²) in [5.74, 6) is 1.51. The fraction of sp³-hybridized carbons (Fsp3) is 0.333. The van der Waals surface area contributed by atoms with Crippen molar-refractivity contribution in [1.82, 2.24) is 9.55 Å². The number of benzene rings is 2. The summed E-state index contributed by atoms with van der Waals surface area (Å²) in [7, 11) is 0. The normalized spacial score (nSPS) is 12.1. The first-order chi connectivity index (χ1) is 13.1. The predicted octanol–water partition coefficient (Wildman–Crippen LogP) is 3.39. The van der Waals surface area contributed by atoms with Crippen LogP contribution >= 0.6 is 0 Å². The van der Waals surface area contributed by atoms with Gasteiger partial charge >= 0.3 is 0 Å². The summed E-state index contributed by atoms with van der Waals surface area (Å²) in [6, 6.07) is 15.0. The molecule has 0 aliphatic carbocycles. The summed E-state index contributed by atoms with van der Waals surface area (Å²) in [5, 5.41) is 13.2. The van der Waals surface area contributed by atoms with Gasteiger partial charge in [-0.15, -0.1) is 0 Å². The van der Waals surface area contributed by atoms with E-state index >= 15 is 0 Å². The van der Waals surface area contributed by atoms with E-state index in [1.807, 2.05) is 24.3 Å². The highest BCUT2D eigenvalue weighted by Gasteiger charge is 2.14. The molecule has 0 radical (unpaired) electrons. The first-order valence-corrected chi connectivity index (χ1v) is 9.19. The Labute approximate surface area is 158 Å². The number of anilines is 1. The van der Waals surface area contributed by atoms with Crippen LogP contribution in [0.1, 0.15) is 26.1 Å². The Morgan fingerprint density at radius 1 is 1.22 bits per heavy atom. The highest BCUT2D eigenvalue weighted by atomic mass is 16.5. The molecule has 1 amide bonds. The molecule has 0 aliphatic heterocycles. The van der Waals surface area contributed by atoms with E-state index < -0.39 is 6.10 Å². The molecule has 0 aliphatic rings. The highest BCUT2D eigenvalue weighted by Crippen LogP contribution is 2.19. The third-order valence-electron chi connectivity index (χ3n) is 4.22. The van der Waals surface area contributed by atoms with Crippen LogP contribution in [0.25, 0.3) is 11.0 Å². The Morgan fingerprint density at radius 2 is 1.96 bits per heavy atom. The van der Waals surface area contributed by atoms with Gasteiger partial charge < -0.3 is 19.7 Å². The van der Waals surface area contributed by atoms with Crippen molar-refractivity contribution in [3.63, 3.8) is 0 Å². The maximum atomic E-state index is 11.0. The largest absolute Gasteiger partial charge is 0.491 e. The summed E-state index contributed by atoms with van der Waals surface area (Å²) >= 11 is 0. The van der Waals surface area contributed by atoms with Crippen molar-refractivity contribution in [3.8, 4) is 5.75 Å². The molecule has 1 heterocycles. The number of carbonyl (C=O) groups excluding carboxylic acids is 1. The van der Waals surface area contributed by atoms with Crippen LogP contribution in [0.4, 0.5) is 5.69 Å². The van der Waals surface area contributed by atoms with Gasteiger partial charge in [-0.05, 0) is 42.8 Å². The third-order valence-corrected chi connectivity index (χ3v) is 4.22. The number of hydrogen-bond acceptors (Lipinski definition) is 4. The van der Waals surface area contributed by atoms with Crippen LogP contribution in [0.5, 0.6) is 5.75 Å². The number of nitrogens with zero attached hydrogens (tertiary/aromatic N) is 2. The maximum absolute atomic E-state index is 11.0. The van der Waals surface area contributed by atoms with Crippen LogP contribution in [0.3, 0.4) is 0 Å². The molecular formula is C21H25N3O3. The molecule has 0 unspecified atom stereocenters. The van der Waals surface area contributed by atoms with Gasteiger partial charge in [0.15, 0.2) is 0 Å². The van der Waals surface area contributed by atoms with Crippen LogP contribution in [0.15, 0.2) is 48.5 Å². The van der Waals surface area contributed by atoms with Gasteiger partial charge in [0, 0.05) is 19.0 Å². The molecule has 3 aromatic rings. The Balaban J connectivity index is 1.64. The number of nitrogens with one attached hydrogen (secondary N) is 1. The number of aliphatic hydroxyl groups is 1. The number of ether oxygens (including phenoxy) is 1. The van der Waals surface area contributed by atoms with Crippen LogP contribution in [0.2, 0.25) is 0 Å². The molecule has 142 valence electrons. The standard InChI is InChI=1S/C21H25N3O3/c1-3-6-21-23-19-7-4-5-8-20(19)24(21)13-17(26)14-27-18-11-9-16(10-12-18)22-15(2)25/h4-5,7-12,17,26H,3,6,13-14H2,1-2H3,(H,22,25)/t17-/m1/s1. The Morgan fingerprint density at radius 3 is 2.67 bits per heavy atom. The third kappa shape index (κ3) is 4.86. The van der Waals surface area contributed by atoms with Crippen molar-refractivity contribution >= 4 is 22.6 Å². The zero-order chi connectivity index (χ0) is 19.2. The van der Waals surface area contributed by atoms with Gasteiger partial charge in [-0.2, -0.15) is 0 Å². The average Bonchev–Trinajstić information content (AvgIpc) is 2.98. The number of amides is 1. The van der Waals surface area contributed by atoms with Gasteiger partial charge in [-0.3, -0.25) is 4.79 Å². The summed E-state index contributed by atoms with van der Waals surface area (Å²) in [4.78, 5) is 15.7. The Kier molecular flexibility index (Phi) is 6.08. The van der Waals surface area contributed by atoms with Gasteiger partial charge in [0.05, 0.1) is 17.6 Å². The molecule has 6 nitrogen and oxygen atoms in total. The van der Waals surface area contributed by atoms with E-state index in [1.54, 1.807) is 24.3 Å². The zero-order valence-electron chi connectivity index (χ0n) is 15.7. The van der Waals surface area contributed by atoms with Gasteiger partial charge in [-0.25, -0.2) is 4.98 Å². The molecule has 0 fully saturated rings. The van der Waals surface area contributed by atoms with Gasteiger partial charge in [0.1, 0.15) is 24.3 Å². The van der Waals surface area contributed by atoms with E-state index in [2.05, 4.69) is 21.8 Å². The lowest BCUT2D eigenvalue weighted by atomic mass is 10.2. The van der Waals surface area contributed by atoms with E-state index in [0.29, 0.717) is 18.0 Å². The lowest BCUT2D eigenvalue weighted by Crippen LogP contribution is -2.24. The second-order valence-electron chi connectivity index (χ2n) is 6.55. The van der Waals surface area contributed by atoms with E-state index in [-0.39, 0.29) is 12.5 Å². The predicted molar refractivity (Wildman–Crippen MR) is 106 cm³/mol. The molecule has 2 aromatic carbocycles. The molecule has 6 heteroatoms. The molecule has 0 bridgehead atoms. The van der Waals surface area contributed by atoms with E-state index in [1.165, 1.54) is 6.92 Å². The zero-order valence-corrected chi connectivity index (χ0v) is 15.7. The summed E-state index contributed by atoms with van der Waals surface area (Å²) < 4.78 is 7.77. The number of aromatic nitrogens is 2. The van der Waals surface area contributed by atoms with Crippen molar-refractivity contribution in [2.24, 2.45) is 0 Å². The number of imidazole rings is 1. The van der Waals surface area contributed by atoms with Crippen molar-refractivity contribution in [2.75, 3.05) is 11.9 Å². The van der Waals surface area contributed by atoms with Crippen LogP contribution in [0, 0.1) is 0 Å². The molecule has 0 spiro atoms. The van der Waals surface area contributed by atoms with Crippen molar-refractivity contribution in [1.29, 1.82) is 0 Å². The van der Waals surface area contributed by atoms with Crippen molar-refractivity contribution in [2.45, 2.75) is 39.3 Å². The number of rotatable bonds is 8. The monoisotopic (exact) mass is 367 g/mol. The summed E-state index contributed by atoms with van der Waals surface area (Å²) in [6.45, 7) is 4.19. The maximum Gasteiger partial charge on any atom is 0.221 e. The van der Waals surface area contributed by atoms with Crippen molar-refractivity contribution < 1.29 is 14.6 Å². The smallest absolute Gasteiger partial charge is 0.221 e. The lowest BCUT2D eigenvalue weighted by Gasteiger charge is -2.16. The minimum atomic E-state index is -0.659. The topological polar surface area (TPSA) is 76.4 Å². The number of fused-ring (bicyclic) bond motifs is 1. The second-order valence-corrected chi connectivity index (χ2v) is 6.55. The average molecular weight is 367 g/mol. The van der Waals surface area contributed by atoms with Crippen LogP contribution in [-0.2, 0) is 17.8 Å². The molecule has 2 N–H and O–H groups in total. The SMILES string of the molecule is CCCc1nc2ccccc2n1C[C@@H](O)COc1ccc(NC(C)=O)cc1. The first kappa shape index (κ1) is 18.9. The number of aliphatic hydroxyl groups excluding tert-OH is 1. The number of carbonyl (C=O) groups is 1. The van der Waals surface area contributed by atoms with E-state index in [4.69, 9.17) is 4.74 Å². The minimum absolute atomic E-state index is 0.116. The molecular weight excluding hydrogens is 342 g/mol. The van der Waals surface area contributed by atoms with Gasteiger partial charge in [-0.1, -0.05) is 19.1 Å². The van der Waals surface area contributed by atoms with Crippen LogP contribution in [-0.4, -0.2) is 33.3 Å². The van der Waals surface area contributed by atoms with E-state index in [0.717, 1.165) is 29.7 Å². The Hall–Kier alpha value is -2.86. The van der Waals surface area contributed by atoms with Gasteiger partial charge in [0.25, 0.3) is 0 Å². The fourth-order valence-corrected chi connectivity index (χ4v) is 3.04. The molecule has 27 heavy (non-hydrogen) atoms. The highest BCUT2D eigenvalue weighted by molar-refractivity contribution is 5.88. The van der Waals surface area contributed by atoms with Crippen LogP contribution < -0.4 is 10.1 Å². The molecule has 0 saturated carbocycles. The number of hydrogen-bond donors (Lipinski definition) is 2. The molecule has 1 aromatic heterocycles. The summed E-state index contributed by atoms with van der Waals surface area (Å²) in [5.41, 5.74) is 2.69. The molecule has 0 saturated heterocycles. The lowest BCUT2D eigenvalue weighted by molar-refractivity contribution is -0.114. The molecule has 3 rings (SSSR count). The quantitative estimate of drug-likeness (QED) is 0.640. The summed E-state index contributed by atoms with van der Waals surface area (Å²) in [6.07, 6.45) is 1.21. The van der Waals surface area contributed by atoms with Crippen molar-refractivity contribution in [3.05, 3.63) is 54.4 Å². The van der Waals surface area contributed by atoms with E-state index in [9.17, 15) is 9.90 Å². The number of aryl methyl sites for hydroxylation is 1. The Bertz CT molecular complexity index is 903. The first-order valence-electron chi connectivity index (χ1n) is 9.19. The molecule has 1 atom stereocenters. The second kappa shape index (κ2) is 8.68.